The van der Waals surface area contributed by atoms with Crippen molar-refractivity contribution in [2.24, 2.45) is 5.10 Å². The van der Waals surface area contributed by atoms with Gasteiger partial charge in [-0.25, -0.2) is 4.79 Å². The maximum Gasteiger partial charge on any atom is 0.351 e. The highest BCUT2D eigenvalue weighted by molar-refractivity contribution is 6.34. The molecule has 0 unspecified atom stereocenters. The molecule has 15 heavy (non-hydrogen) atoms. The number of nitrogens with zero attached hydrogens (tertiary/aromatic N) is 1. The molecule has 2 N–H and O–H groups in total. The summed E-state index contributed by atoms with van der Waals surface area (Å²) in [7, 11) is 0. The number of nitrogens with one attached hydrogen (secondary N) is 1. The molecular weight excluding hydrogens is 192 g/mol. The number of carbonyl (C=O) groups is 1. The van der Waals surface area contributed by atoms with Gasteiger partial charge in [0.15, 0.2) is 0 Å². The molecule has 0 amide bonds. The van der Waals surface area contributed by atoms with Crippen LogP contribution in [0.1, 0.15) is 12.5 Å². The van der Waals surface area contributed by atoms with Gasteiger partial charge in [0.25, 0.3) is 0 Å². The topological polar surface area (TPSA) is 61.7 Å². The Hall–Kier alpha value is -1.84. The SMILES string of the molecule is C/C(=N\NCCc1ccccc1)C(=O)O. The quantitative estimate of drug-likeness (QED) is 0.433. The van der Waals surface area contributed by atoms with Crippen LogP contribution in [0.15, 0.2) is 35.4 Å². The molecule has 0 fully saturated rings. The fourth-order valence-corrected chi connectivity index (χ4v) is 1.07. The zero-order valence-electron chi connectivity index (χ0n) is 8.60. The van der Waals surface area contributed by atoms with E-state index in [-0.39, 0.29) is 5.71 Å². The molecule has 0 aliphatic carbocycles. The number of aliphatic carboxylic acids is 1. The molecular formula is C11H14N2O2. The number of hydrazone groups is 1. The molecule has 0 bridgehead atoms. The van der Waals surface area contributed by atoms with E-state index in [0.717, 1.165) is 6.42 Å². The molecule has 1 aromatic carbocycles. The Kier molecular flexibility index (Phi) is 4.34. The smallest absolute Gasteiger partial charge is 0.351 e. The number of carboxylic acids is 1. The van der Waals surface area contributed by atoms with Gasteiger partial charge in [0, 0.05) is 6.54 Å². The molecule has 0 aliphatic heterocycles. The highest BCUT2D eigenvalue weighted by atomic mass is 16.4. The van der Waals surface area contributed by atoms with Gasteiger partial charge in [0.2, 0.25) is 0 Å². The summed E-state index contributed by atoms with van der Waals surface area (Å²) < 4.78 is 0. The Morgan fingerprint density at radius 1 is 1.40 bits per heavy atom. The number of carboxylic acid groups (broad SMARTS) is 1. The minimum absolute atomic E-state index is 0.0723. The molecule has 1 aromatic rings. The maximum atomic E-state index is 10.4. The fraction of sp³-hybridized carbons (Fsp3) is 0.273. The van der Waals surface area contributed by atoms with Crippen LogP contribution in [0.5, 0.6) is 0 Å². The number of hydrogen-bond donors (Lipinski definition) is 2. The van der Waals surface area contributed by atoms with Gasteiger partial charge in [-0.1, -0.05) is 30.3 Å². The molecule has 4 heteroatoms. The Morgan fingerprint density at radius 3 is 2.67 bits per heavy atom. The highest BCUT2D eigenvalue weighted by Gasteiger charge is 1.99. The second-order valence-electron chi connectivity index (χ2n) is 3.15. The third-order valence-electron chi connectivity index (χ3n) is 1.92. The summed E-state index contributed by atoms with van der Waals surface area (Å²) in [5.74, 6) is -0.998. The van der Waals surface area contributed by atoms with Gasteiger partial charge in [0.1, 0.15) is 5.71 Å². The lowest BCUT2D eigenvalue weighted by molar-refractivity contribution is -0.129. The molecule has 1 rings (SSSR count). The van der Waals surface area contributed by atoms with Crippen LogP contribution in [0.4, 0.5) is 0 Å². The maximum absolute atomic E-state index is 10.4. The first-order valence-corrected chi connectivity index (χ1v) is 4.74. The number of rotatable bonds is 5. The van der Waals surface area contributed by atoms with Gasteiger partial charge in [-0.15, -0.1) is 0 Å². The molecule has 0 saturated heterocycles. The summed E-state index contributed by atoms with van der Waals surface area (Å²) in [6, 6.07) is 9.96. The van der Waals surface area contributed by atoms with Crippen molar-refractivity contribution in [3.8, 4) is 0 Å². The molecule has 4 nitrogen and oxygen atoms in total. The van der Waals surface area contributed by atoms with Crippen LogP contribution < -0.4 is 5.43 Å². The van der Waals surface area contributed by atoms with Crippen LogP contribution >= 0.6 is 0 Å². The van der Waals surface area contributed by atoms with E-state index in [1.54, 1.807) is 0 Å². The van der Waals surface area contributed by atoms with E-state index in [2.05, 4.69) is 10.5 Å². The van der Waals surface area contributed by atoms with Crippen molar-refractivity contribution in [3.63, 3.8) is 0 Å². The average molecular weight is 206 g/mol. The van der Waals surface area contributed by atoms with Gasteiger partial charge in [-0.2, -0.15) is 5.10 Å². The third kappa shape index (κ3) is 4.26. The summed E-state index contributed by atoms with van der Waals surface area (Å²) >= 11 is 0. The summed E-state index contributed by atoms with van der Waals surface area (Å²) in [5, 5.41) is 12.2. The zero-order chi connectivity index (χ0) is 11.1. The first-order valence-electron chi connectivity index (χ1n) is 4.74. The fourth-order valence-electron chi connectivity index (χ4n) is 1.07. The van der Waals surface area contributed by atoms with Gasteiger partial charge in [0.05, 0.1) is 0 Å². The lowest BCUT2D eigenvalue weighted by Crippen LogP contribution is -2.17. The van der Waals surface area contributed by atoms with Crippen molar-refractivity contribution in [2.75, 3.05) is 6.54 Å². The van der Waals surface area contributed by atoms with Crippen LogP contribution in [-0.4, -0.2) is 23.3 Å². The summed E-state index contributed by atoms with van der Waals surface area (Å²) in [6.45, 7) is 2.09. The minimum atomic E-state index is -0.998. The second-order valence-corrected chi connectivity index (χ2v) is 3.15. The Balaban J connectivity index is 2.29. The predicted octanol–water partition coefficient (Wildman–Crippen LogP) is 1.28. The molecule has 0 spiro atoms. The van der Waals surface area contributed by atoms with E-state index < -0.39 is 5.97 Å². The summed E-state index contributed by atoms with van der Waals surface area (Å²) in [6.07, 6.45) is 0.831. The van der Waals surface area contributed by atoms with Crippen LogP contribution in [0, 0.1) is 0 Å². The van der Waals surface area contributed by atoms with Gasteiger partial charge in [-0.05, 0) is 18.9 Å². The Bertz CT molecular complexity index is 347. The monoisotopic (exact) mass is 206 g/mol. The molecule has 80 valence electrons. The van der Waals surface area contributed by atoms with E-state index in [9.17, 15) is 4.79 Å². The lowest BCUT2D eigenvalue weighted by Gasteiger charge is -2.01. The zero-order valence-corrected chi connectivity index (χ0v) is 8.60. The predicted molar refractivity (Wildman–Crippen MR) is 58.9 cm³/mol. The largest absolute Gasteiger partial charge is 0.477 e. The third-order valence-corrected chi connectivity index (χ3v) is 1.92. The van der Waals surface area contributed by atoms with E-state index in [0.29, 0.717) is 6.54 Å². The average Bonchev–Trinajstić information content (AvgIpc) is 2.25. The minimum Gasteiger partial charge on any atom is -0.477 e. The first kappa shape index (κ1) is 11.2. The van der Waals surface area contributed by atoms with Crippen LogP contribution in [0.25, 0.3) is 0 Å². The molecule has 0 atom stereocenters. The van der Waals surface area contributed by atoms with Crippen molar-refractivity contribution in [1.29, 1.82) is 0 Å². The van der Waals surface area contributed by atoms with Crippen molar-refractivity contribution in [3.05, 3.63) is 35.9 Å². The van der Waals surface area contributed by atoms with Gasteiger partial charge >= 0.3 is 5.97 Å². The number of hydrogen-bond acceptors (Lipinski definition) is 3. The summed E-state index contributed by atoms with van der Waals surface area (Å²) in [4.78, 5) is 10.4. The van der Waals surface area contributed by atoms with E-state index in [1.165, 1.54) is 12.5 Å². The van der Waals surface area contributed by atoms with Crippen LogP contribution in [0.2, 0.25) is 0 Å². The molecule has 0 aliphatic rings. The van der Waals surface area contributed by atoms with Crippen molar-refractivity contribution < 1.29 is 9.90 Å². The molecule has 0 aromatic heterocycles. The Labute approximate surface area is 88.6 Å². The summed E-state index contributed by atoms with van der Waals surface area (Å²) in [5.41, 5.74) is 4.00. The van der Waals surface area contributed by atoms with E-state index in [4.69, 9.17) is 5.11 Å². The molecule has 0 heterocycles. The Morgan fingerprint density at radius 2 is 2.07 bits per heavy atom. The van der Waals surface area contributed by atoms with Crippen molar-refractivity contribution >= 4 is 11.7 Å². The highest BCUT2D eigenvalue weighted by Crippen LogP contribution is 1.97. The van der Waals surface area contributed by atoms with E-state index >= 15 is 0 Å². The number of benzene rings is 1. The molecule has 0 saturated carbocycles. The van der Waals surface area contributed by atoms with Crippen molar-refractivity contribution in [2.45, 2.75) is 13.3 Å². The second kappa shape index (κ2) is 5.80. The van der Waals surface area contributed by atoms with Gasteiger partial charge in [-0.3, -0.25) is 0 Å². The van der Waals surface area contributed by atoms with Crippen molar-refractivity contribution in [1.82, 2.24) is 5.43 Å². The first-order chi connectivity index (χ1) is 7.20. The van der Waals surface area contributed by atoms with Crippen LogP contribution in [-0.2, 0) is 11.2 Å². The lowest BCUT2D eigenvalue weighted by atomic mass is 10.2. The normalized spacial score (nSPS) is 11.1. The van der Waals surface area contributed by atoms with Crippen LogP contribution in [0.3, 0.4) is 0 Å². The standard InChI is InChI=1S/C11H14N2O2/c1-9(11(14)15)13-12-8-7-10-5-3-2-4-6-10/h2-6,12H,7-8H2,1H3,(H,14,15)/b13-9+. The molecule has 0 radical (unpaired) electrons. The van der Waals surface area contributed by atoms with E-state index in [1.807, 2.05) is 30.3 Å². The van der Waals surface area contributed by atoms with Gasteiger partial charge < -0.3 is 10.5 Å².